The van der Waals surface area contributed by atoms with E-state index in [0.29, 0.717) is 30.8 Å². The number of carbonyl (C=O) groups is 1. The number of aromatic amines is 1. The summed E-state index contributed by atoms with van der Waals surface area (Å²) >= 11 is 0. The lowest BCUT2D eigenvalue weighted by molar-refractivity contribution is 0.151. The highest BCUT2D eigenvalue weighted by Crippen LogP contribution is 2.21. The van der Waals surface area contributed by atoms with Crippen LogP contribution in [0.1, 0.15) is 6.42 Å². The minimum absolute atomic E-state index is 0.203. The van der Waals surface area contributed by atoms with Crippen molar-refractivity contribution >= 4 is 16.9 Å². The summed E-state index contributed by atoms with van der Waals surface area (Å²) in [6.07, 6.45) is 1.50. The van der Waals surface area contributed by atoms with Gasteiger partial charge in [-0.05, 0) is 24.6 Å². The van der Waals surface area contributed by atoms with Crippen LogP contribution in [0.25, 0.3) is 10.8 Å². The van der Waals surface area contributed by atoms with Gasteiger partial charge in [-0.1, -0.05) is 0 Å². The van der Waals surface area contributed by atoms with Gasteiger partial charge in [-0.15, -0.1) is 0 Å². The maximum Gasteiger partial charge on any atom is 0.407 e. The number of amides is 1. The molecular formula is C14H15N3O4. The van der Waals surface area contributed by atoms with Gasteiger partial charge in [0, 0.05) is 24.4 Å². The lowest BCUT2D eigenvalue weighted by atomic mass is 10.1. The zero-order valence-corrected chi connectivity index (χ0v) is 11.3. The molecule has 0 radical (unpaired) electrons. The van der Waals surface area contributed by atoms with E-state index in [1.54, 1.807) is 24.4 Å². The van der Waals surface area contributed by atoms with Crippen LogP contribution in [0.5, 0.6) is 5.75 Å². The molecule has 21 heavy (non-hydrogen) atoms. The summed E-state index contributed by atoms with van der Waals surface area (Å²) in [6, 6.07) is 5.20. The van der Waals surface area contributed by atoms with E-state index >= 15 is 0 Å². The van der Waals surface area contributed by atoms with E-state index in [0.717, 1.165) is 11.8 Å². The van der Waals surface area contributed by atoms with Crippen LogP contribution < -0.4 is 10.3 Å². The molecule has 0 aliphatic carbocycles. The SMILES string of the molecule is O=C(O)N1CC[C@H](COc2ccc3c(=O)[nH]ncc3c2)C1. The first-order valence-corrected chi connectivity index (χ1v) is 6.71. The maximum atomic E-state index is 11.5. The van der Waals surface area contributed by atoms with Gasteiger partial charge < -0.3 is 14.7 Å². The summed E-state index contributed by atoms with van der Waals surface area (Å²) < 4.78 is 5.71. The third kappa shape index (κ3) is 2.81. The minimum Gasteiger partial charge on any atom is -0.493 e. The first-order chi connectivity index (χ1) is 10.1. The Morgan fingerprint density at radius 3 is 3.14 bits per heavy atom. The van der Waals surface area contributed by atoms with Crippen molar-refractivity contribution in [2.24, 2.45) is 5.92 Å². The van der Waals surface area contributed by atoms with Gasteiger partial charge in [0.1, 0.15) is 5.75 Å². The first kappa shape index (κ1) is 13.4. The molecule has 1 amide bonds. The van der Waals surface area contributed by atoms with Crippen molar-refractivity contribution in [3.63, 3.8) is 0 Å². The van der Waals surface area contributed by atoms with Crippen molar-refractivity contribution in [1.29, 1.82) is 0 Å². The maximum absolute atomic E-state index is 11.5. The molecular weight excluding hydrogens is 274 g/mol. The lowest BCUT2D eigenvalue weighted by Crippen LogP contribution is -2.27. The van der Waals surface area contributed by atoms with Crippen LogP contribution in [0.3, 0.4) is 0 Å². The summed E-state index contributed by atoms with van der Waals surface area (Å²) in [7, 11) is 0. The molecule has 2 N–H and O–H groups in total. The Balaban J connectivity index is 1.66. The predicted molar refractivity (Wildman–Crippen MR) is 75.6 cm³/mol. The van der Waals surface area contributed by atoms with Crippen molar-refractivity contribution in [2.75, 3.05) is 19.7 Å². The molecule has 0 saturated carbocycles. The average Bonchev–Trinajstić information content (AvgIpc) is 2.94. The molecule has 1 aliphatic rings. The molecule has 3 rings (SSSR count). The second-order valence-electron chi connectivity index (χ2n) is 5.14. The van der Waals surface area contributed by atoms with Gasteiger partial charge in [-0.2, -0.15) is 5.10 Å². The third-order valence-electron chi connectivity index (χ3n) is 3.68. The zero-order chi connectivity index (χ0) is 14.8. The molecule has 1 aromatic carbocycles. The highest BCUT2D eigenvalue weighted by atomic mass is 16.5. The van der Waals surface area contributed by atoms with Crippen LogP contribution in [-0.2, 0) is 0 Å². The number of aromatic nitrogens is 2. The number of fused-ring (bicyclic) bond motifs is 1. The molecule has 2 aromatic rings. The Bertz CT molecular complexity index is 727. The van der Waals surface area contributed by atoms with Gasteiger partial charge in [-0.25, -0.2) is 9.89 Å². The summed E-state index contributed by atoms with van der Waals surface area (Å²) in [5.41, 5.74) is -0.230. The second kappa shape index (κ2) is 5.43. The van der Waals surface area contributed by atoms with E-state index in [4.69, 9.17) is 9.84 Å². The number of ether oxygens (including phenoxy) is 1. The van der Waals surface area contributed by atoms with Crippen molar-refractivity contribution < 1.29 is 14.6 Å². The van der Waals surface area contributed by atoms with Gasteiger partial charge in [0.15, 0.2) is 0 Å². The Kier molecular flexibility index (Phi) is 3.47. The van der Waals surface area contributed by atoms with Crippen LogP contribution in [0, 0.1) is 5.92 Å². The molecule has 1 saturated heterocycles. The van der Waals surface area contributed by atoms with Crippen LogP contribution in [0.4, 0.5) is 4.79 Å². The second-order valence-corrected chi connectivity index (χ2v) is 5.14. The summed E-state index contributed by atoms with van der Waals surface area (Å²) in [5, 5.41) is 16.3. The highest BCUT2D eigenvalue weighted by Gasteiger charge is 2.26. The number of H-pyrrole nitrogens is 1. The number of benzene rings is 1. The van der Waals surface area contributed by atoms with Gasteiger partial charge in [0.2, 0.25) is 0 Å². The standard InChI is InChI=1S/C14H15N3O4/c18-13-12-2-1-11(5-10(12)6-15-16-13)21-8-9-3-4-17(7-9)14(19)20/h1-2,5-6,9H,3-4,7-8H2,(H,16,18)(H,19,20)/t9-/m0/s1. The average molecular weight is 289 g/mol. The molecule has 0 unspecified atom stereocenters. The number of hydrogen-bond donors (Lipinski definition) is 2. The normalized spacial score (nSPS) is 18.1. The number of hydrogen-bond acceptors (Lipinski definition) is 4. The van der Waals surface area contributed by atoms with E-state index < -0.39 is 6.09 Å². The zero-order valence-electron chi connectivity index (χ0n) is 11.3. The first-order valence-electron chi connectivity index (χ1n) is 6.71. The topological polar surface area (TPSA) is 95.5 Å². The molecule has 110 valence electrons. The van der Waals surface area contributed by atoms with E-state index in [9.17, 15) is 9.59 Å². The molecule has 7 heteroatoms. The molecule has 2 heterocycles. The largest absolute Gasteiger partial charge is 0.493 e. The van der Waals surface area contributed by atoms with E-state index in [1.807, 2.05) is 0 Å². The molecule has 0 spiro atoms. The van der Waals surface area contributed by atoms with Gasteiger partial charge in [0.25, 0.3) is 5.56 Å². The van der Waals surface area contributed by atoms with Crippen molar-refractivity contribution in [3.05, 3.63) is 34.7 Å². The van der Waals surface area contributed by atoms with Crippen LogP contribution in [-0.4, -0.2) is 46.0 Å². The van der Waals surface area contributed by atoms with Crippen LogP contribution >= 0.6 is 0 Å². The molecule has 1 atom stereocenters. The number of rotatable bonds is 3. The van der Waals surface area contributed by atoms with E-state index in [-0.39, 0.29) is 11.5 Å². The molecule has 1 aromatic heterocycles. The molecule has 0 bridgehead atoms. The monoisotopic (exact) mass is 289 g/mol. The summed E-state index contributed by atoms with van der Waals surface area (Å²) in [4.78, 5) is 23.8. The molecule has 7 nitrogen and oxygen atoms in total. The Morgan fingerprint density at radius 2 is 2.38 bits per heavy atom. The quantitative estimate of drug-likeness (QED) is 0.888. The Morgan fingerprint density at radius 1 is 1.52 bits per heavy atom. The third-order valence-corrected chi connectivity index (χ3v) is 3.68. The smallest absolute Gasteiger partial charge is 0.407 e. The minimum atomic E-state index is -0.881. The molecule has 1 aliphatic heterocycles. The van der Waals surface area contributed by atoms with Crippen molar-refractivity contribution in [3.8, 4) is 5.75 Å². The number of carboxylic acid groups (broad SMARTS) is 1. The van der Waals surface area contributed by atoms with Crippen LogP contribution in [0.15, 0.2) is 29.2 Å². The van der Waals surface area contributed by atoms with Gasteiger partial charge in [-0.3, -0.25) is 4.79 Å². The Labute approximate surface area is 120 Å². The van der Waals surface area contributed by atoms with Gasteiger partial charge >= 0.3 is 6.09 Å². The fraction of sp³-hybridized carbons (Fsp3) is 0.357. The summed E-state index contributed by atoms with van der Waals surface area (Å²) in [5.74, 6) is 0.859. The lowest BCUT2D eigenvalue weighted by Gasteiger charge is -2.13. The van der Waals surface area contributed by atoms with E-state index in [1.165, 1.54) is 4.90 Å². The predicted octanol–water partition coefficient (Wildman–Crippen LogP) is 1.30. The number of nitrogens with zero attached hydrogens (tertiary/aromatic N) is 2. The number of likely N-dealkylation sites (tertiary alicyclic amines) is 1. The van der Waals surface area contributed by atoms with E-state index in [2.05, 4.69) is 10.2 Å². The van der Waals surface area contributed by atoms with Crippen molar-refractivity contribution in [2.45, 2.75) is 6.42 Å². The fourth-order valence-corrected chi connectivity index (χ4v) is 2.52. The molecule has 1 fully saturated rings. The van der Waals surface area contributed by atoms with Gasteiger partial charge in [0.05, 0.1) is 18.2 Å². The highest BCUT2D eigenvalue weighted by molar-refractivity contribution is 5.81. The Hall–Kier alpha value is -2.57. The van der Waals surface area contributed by atoms with Crippen LogP contribution in [0.2, 0.25) is 0 Å². The summed E-state index contributed by atoms with van der Waals surface area (Å²) in [6.45, 7) is 1.52. The van der Waals surface area contributed by atoms with Crippen molar-refractivity contribution in [1.82, 2.24) is 15.1 Å². The number of nitrogens with one attached hydrogen (secondary N) is 1. The fourth-order valence-electron chi connectivity index (χ4n) is 2.52.